The van der Waals surface area contributed by atoms with E-state index in [0.717, 1.165) is 57.8 Å². The standard InChI is InChI=1S/C37H64NO10P/c1-3-5-7-8-9-10-11-12-13-14-15-16-17-18-19-20-21-22-23-24-25-26-27-29-36(40)48-33(30-45-35(39)28-6-4-2)31-46-49(43,44)47-32-34(38)37(41)42/h5,7,9-10,12-13,15-16,33-34H,3-4,6,8,11,14,17-32,38H2,1-2H3,(H,41,42)(H,43,44)/b7-5-,10-9-,13-12-,16-15-. The van der Waals surface area contributed by atoms with E-state index in [9.17, 15) is 23.8 Å². The second-order valence-electron chi connectivity index (χ2n) is 12.0. The molecule has 0 fully saturated rings. The summed E-state index contributed by atoms with van der Waals surface area (Å²) in [5.74, 6) is -2.43. The number of carboxylic acid groups (broad SMARTS) is 1. The molecule has 0 aromatic heterocycles. The van der Waals surface area contributed by atoms with E-state index in [-0.39, 0.29) is 19.4 Å². The van der Waals surface area contributed by atoms with Gasteiger partial charge in [-0.3, -0.25) is 23.4 Å². The first-order valence-corrected chi connectivity index (χ1v) is 19.7. The number of hydrogen-bond donors (Lipinski definition) is 3. The van der Waals surface area contributed by atoms with Gasteiger partial charge in [-0.05, 0) is 51.4 Å². The third-order valence-corrected chi connectivity index (χ3v) is 8.29. The Balaban J connectivity index is 4.06. The maximum atomic E-state index is 12.4. The predicted octanol–water partition coefficient (Wildman–Crippen LogP) is 8.66. The monoisotopic (exact) mass is 713 g/mol. The SMILES string of the molecule is CC/C=C\C/C=C\C/C=C\C/C=C\CCCCCCCCCCCCC(=O)OC(COC(=O)CCCC)COP(=O)(O)OCC(N)C(=O)O. The van der Waals surface area contributed by atoms with Gasteiger partial charge in [0, 0.05) is 12.8 Å². The molecular weight excluding hydrogens is 649 g/mol. The van der Waals surface area contributed by atoms with Gasteiger partial charge in [0.15, 0.2) is 6.10 Å². The molecule has 0 bridgehead atoms. The number of hydrogen-bond acceptors (Lipinski definition) is 9. The van der Waals surface area contributed by atoms with Crippen molar-refractivity contribution in [3.8, 4) is 0 Å². The van der Waals surface area contributed by atoms with Crippen molar-refractivity contribution in [3.63, 3.8) is 0 Å². The zero-order chi connectivity index (χ0) is 36.4. The molecule has 0 aromatic rings. The number of unbranched alkanes of at least 4 members (excludes halogenated alkanes) is 11. The summed E-state index contributed by atoms with van der Waals surface area (Å²) < 4.78 is 32.1. The summed E-state index contributed by atoms with van der Waals surface area (Å²) >= 11 is 0. The molecule has 0 rings (SSSR count). The van der Waals surface area contributed by atoms with Crippen LogP contribution in [-0.4, -0.2) is 59.9 Å². The Kier molecular flexibility index (Phi) is 30.9. The lowest BCUT2D eigenvalue weighted by molar-refractivity contribution is -0.161. The van der Waals surface area contributed by atoms with Gasteiger partial charge >= 0.3 is 25.7 Å². The van der Waals surface area contributed by atoms with E-state index in [0.29, 0.717) is 12.8 Å². The Hall–Kier alpha value is -2.56. The lowest BCUT2D eigenvalue weighted by Crippen LogP contribution is -2.34. The molecule has 0 aliphatic heterocycles. The first kappa shape index (κ1) is 46.4. The van der Waals surface area contributed by atoms with Gasteiger partial charge in [-0.2, -0.15) is 0 Å². The van der Waals surface area contributed by atoms with E-state index in [1.807, 2.05) is 6.92 Å². The van der Waals surface area contributed by atoms with Crippen LogP contribution in [0.4, 0.5) is 0 Å². The van der Waals surface area contributed by atoms with Crippen LogP contribution in [-0.2, 0) is 37.5 Å². The fourth-order valence-corrected chi connectivity index (χ4v) is 5.22. The molecule has 0 heterocycles. The van der Waals surface area contributed by atoms with Crippen LogP contribution < -0.4 is 5.73 Å². The summed E-state index contributed by atoms with van der Waals surface area (Å²) in [6, 6.07) is -1.52. The molecule has 0 aromatic carbocycles. The highest BCUT2D eigenvalue weighted by molar-refractivity contribution is 7.47. The number of aliphatic carboxylic acids is 1. The van der Waals surface area contributed by atoms with Gasteiger partial charge in [0.2, 0.25) is 0 Å². The number of allylic oxidation sites excluding steroid dienone is 8. The second-order valence-corrected chi connectivity index (χ2v) is 13.4. The van der Waals surface area contributed by atoms with E-state index in [4.69, 9.17) is 24.8 Å². The first-order chi connectivity index (χ1) is 23.6. The zero-order valence-corrected chi connectivity index (χ0v) is 30.9. The van der Waals surface area contributed by atoms with Crippen molar-refractivity contribution in [2.45, 2.75) is 148 Å². The molecule has 0 aliphatic carbocycles. The normalized spacial score (nSPS) is 14.5. The van der Waals surface area contributed by atoms with Gasteiger partial charge in [-0.15, -0.1) is 0 Å². The number of ether oxygens (including phenoxy) is 2. The summed E-state index contributed by atoms with van der Waals surface area (Å²) in [4.78, 5) is 45.0. The van der Waals surface area contributed by atoms with Gasteiger partial charge in [0.1, 0.15) is 12.6 Å². The van der Waals surface area contributed by atoms with Crippen molar-refractivity contribution in [1.82, 2.24) is 0 Å². The third-order valence-electron chi connectivity index (χ3n) is 7.34. The highest BCUT2D eigenvalue weighted by Gasteiger charge is 2.28. The van der Waals surface area contributed by atoms with Gasteiger partial charge < -0.3 is 25.2 Å². The number of carbonyl (C=O) groups is 3. The van der Waals surface area contributed by atoms with Gasteiger partial charge in [0.25, 0.3) is 0 Å². The molecule has 49 heavy (non-hydrogen) atoms. The van der Waals surface area contributed by atoms with Crippen molar-refractivity contribution in [1.29, 1.82) is 0 Å². The number of esters is 2. The van der Waals surface area contributed by atoms with Gasteiger partial charge in [0.05, 0.1) is 13.2 Å². The van der Waals surface area contributed by atoms with Crippen LogP contribution in [0.2, 0.25) is 0 Å². The van der Waals surface area contributed by atoms with E-state index in [1.165, 1.54) is 38.5 Å². The molecule has 0 radical (unpaired) electrons. The highest BCUT2D eigenvalue weighted by Crippen LogP contribution is 2.43. The van der Waals surface area contributed by atoms with E-state index >= 15 is 0 Å². The van der Waals surface area contributed by atoms with Crippen molar-refractivity contribution in [2.75, 3.05) is 19.8 Å². The molecule has 3 atom stereocenters. The molecule has 0 amide bonds. The zero-order valence-electron chi connectivity index (χ0n) is 30.0. The number of rotatable bonds is 33. The summed E-state index contributed by atoms with van der Waals surface area (Å²) in [6.45, 7) is 2.37. The maximum absolute atomic E-state index is 12.4. The van der Waals surface area contributed by atoms with Crippen LogP contribution in [0.15, 0.2) is 48.6 Å². The highest BCUT2D eigenvalue weighted by atomic mass is 31.2. The fourth-order valence-electron chi connectivity index (χ4n) is 4.44. The van der Waals surface area contributed by atoms with Crippen LogP contribution in [0.5, 0.6) is 0 Å². The topological polar surface area (TPSA) is 172 Å². The average Bonchev–Trinajstić information content (AvgIpc) is 3.07. The Morgan fingerprint density at radius 1 is 0.653 bits per heavy atom. The van der Waals surface area contributed by atoms with Crippen LogP contribution in [0, 0.1) is 0 Å². The number of carboxylic acids is 1. The molecule has 0 spiro atoms. The van der Waals surface area contributed by atoms with Crippen molar-refractivity contribution in [3.05, 3.63) is 48.6 Å². The Morgan fingerprint density at radius 2 is 1.14 bits per heavy atom. The lowest BCUT2D eigenvalue weighted by atomic mass is 10.0. The molecule has 282 valence electrons. The van der Waals surface area contributed by atoms with Crippen molar-refractivity contribution >= 4 is 25.7 Å². The van der Waals surface area contributed by atoms with Crippen LogP contribution >= 0.6 is 7.82 Å². The minimum absolute atomic E-state index is 0.153. The van der Waals surface area contributed by atoms with Gasteiger partial charge in [-0.1, -0.05) is 120 Å². The number of carbonyl (C=O) groups excluding carboxylic acids is 2. The van der Waals surface area contributed by atoms with E-state index < -0.39 is 51.1 Å². The second kappa shape index (κ2) is 32.6. The Morgan fingerprint density at radius 3 is 1.69 bits per heavy atom. The number of nitrogens with two attached hydrogens (primary N) is 1. The smallest absolute Gasteiger partial charge is 0.472 e. The molecule has 11 nitrogen and oxygen atoms in total. The summed E-state index contributed by atoms with van der Waals surface area (Å²) in [5.41, 5.74) is 5.27. The van der Waals surface area contributed by atoms with Crippen LogP contribution in [0.1, 0.15) is 136 Å². The summed E-state index contributed by atoms with van der Waals surface area (Å²) in [7, 11) is -4.69. The number of phosphoric ester groups is 1. The average molecular weight is 714 g/mol. The Bertz CT molecular complexity index is 1030. The molecule has 3 unspecified atom stereocenters. The molecule has 0 saturated heterocycles. The summed E-state index contributed by atoms with van der Waals surface area (Å²) in [5, 5.41) is 8.79. The first-order valence-electron chi connectivity index (χ1n) is 18.2. The predicted molar refractivity (Wildman–Crippen MR) is 194 cm³/mol. The van der Waals surface area contributed by atoms with Crippen molar-refractivity contribution in [2.24, 2.45) is 5.73 Å². The van der Waals surface area contributed by atoms with E-state index in [1.54, 1.807) is 0 Å². The van der Waals surface area contributed by atoms with Crippen LogP contribution in [0.3, 0.4) is 0 Å². The number of phosphoric acid groups is 1. The molecule has 12 heteroatoms. The molecular formula is C37H64NO10P. The molecule has 4 N–H and O–H groups in total. The quantitative estimate of drug-likeness (QED) is 0.0257. The minimum atomic E-state index is -4.69. The third kappa shape index (κ3) is 32.4. The lowest BCUT2D eigenvalue weighted by Gasteiger charge is -2.20. The molecule has 0 saturated carbocycles. The van der Waals surface area contributed by atoms with Gasteiger partial charge in [-0.25, -0.2) is 4.57 Å². The summed E-state index contributed by atoms with van der Waals surface area (Å²) in [6.07, 6.45) is 34.7. The Labute approximate surface area is 295 Å². The van der Waals surface area contributed by atoms with Crippen LogP contribution in [0.25, 0.3) is 0 Å². The minimum Gasteiger partial charge on any atom is -0.480 e. The van der Waals surface area contributed by atoms with E-state index in [2.05, 4.69) is 60.1 Å². The maximum Gasteiger partial charge on any atom is 0.472 e. The largest absolute Gasteiger partial charge is 0.480 e. The molecule has 0 aliphatic rings. The van der Waals surface area contributed by atoms with Crippen molar-refractivity contribution < 1.29 is 47.5 Å². The fraction of sp³-hybridized carbons (Fsp3) is 0.703.